The molecule has 1 saturated heterocycles. The van der Waals surface area contributed by atoms with E-state index in [2.05, 4.69) is 5.32 Å². The molecule has 2 amide bonds. The first kappa shape index (κ1) is 23.3. The number of amides is 2. The van der Waals surface area contributed by atoms with E-state index in [1.807, 2.05) is 24.3 Å². The van der Waals surface area contributed by atoms with Crippen LogP contribution in [0.5, 0.6) is 11.5 Å². The number of benzene rings is 3. The van der Waals surface area contributed by atoms with Crippen molar-refractivity contribution in [1.29, 1.82) is 0 Å². The summed E-state index contributed by atoms with van der Waals surface area (Å²) in [5.74, 6) is 0.0258. The average Bonchev–Trinajstić information content (AvgIpc) is 3.33. The molecule has 0 saturated carbocycles. The van der Waals surface area contributed by atoms with Gasteiger partial charge in [0.2, 0.25) is 5.91 Å². The van der Waals surface area contributed by atoms with Crippen LogP contribution in [0, 0.1) is 11.7 Å². The van der Waals surface area contributed by atoms with Crippen molar-refractivity contribution in [2.24, 2.45) is 5.92 Å². The summed E-state index contributed by atoms with van der Waals surface area (Å²) in [7, 11) is 3.15. The number of nitrogens with one attached hydrogen (secondary N) is 1. The van der Waals surface area contributed by atoms with Gasteiger partial charge >= 0.3 is 0 Å². The number of ether oxygens (including phenoxy) is 2. The molecular weight excluding hydrogens is 435 g/mol. The number of hydrogen-bond donors (Lipinski definition) is 1. The van der Waals surface area contributed by atoms with E-state index < -0.39 is 5.92 Å². The van der Waals surface area contributed by atoms with Crippen LogP contribution in [-0.4, -0.2) is 44.0 Å². The van der Waals surface area contributed by atoms with E-state index in [1.165, 1.54) is 12.1 Å². The van der Waals surface area contributed by atoms with Gasteiger partial charge in [-0.05, 0) is 53.6 Å². The van der Waals surface area contributed by atoms with Crippen molar-refractivity contribution in [3.8, 4) is 11.5 Å². The summed E-state index contributed by atoms with van der Waals surface area (Å²) < 4.78 is 23.8. The SMILES string of the molecule is COc1cccc(C(=O)N2C[C@@H](C(=O)NCc3ccc(F)cc3)[C@H](c3cccc(OC)c3)C2)c1. The predicted molar refractivity (Wildman–Crippen MR) is 126 cm³/mol. The lowest BCUT2D eigenvalue weighted by Crippen LogP contribution is -2.35. The van der Waals surface area contributed by atoms with Gasteiger partial charge in [-0.2, -0.15) is 0 Å². The molecule has 34 heavy (non-hydrogen) atoms. The monoisotopic (exact) mass is 462 g/mol. The molecule has 0 spiro atoms. The highest BCUT2D eigenvalue weighted by Crippen LogP contribution is 2.35. The first-order valence-corrected chi connectivity index (χ1v) is 11.1. The molecule has 176 valence electrons. The van der Waals surface area contributed by atoms with Gasteiger partial charge in [-0.15, -0.1) is 0 Å². The molecule has 0 aromatic heterocycles. The molecule has 1 aliphatic rings. The van der Waals surface area contributed by atoms with Crippen molar-refractivity contribution in [3.63, 3.8) is 0 Å². The molecule has 0 bridgehead atoms. The summed E-state index contributed by atoms with van der Waals surface area (Å²) in [6.07, 6.45) is 0. The molecule has 2 atom stereocenters. The normalized spacial score (nSPS) is 17.3. The lowest BCUT2D eigenvalue weighted by Gasteiger charge is -2.19. The first-order chi connectivity index (χ1) is 16.5. The van der Waals surface area contributed by atoms with E-state index in [0.717, 1.165) is 11.1 Å². The summed E-state index contributed by atoms with van der Waals surface area (Å²) >= 11 is 0. The Morgan fingerprint density at radius 1 is 0.941 bits per heavy atom. The van der Waals surface area contributed by atoms with Crippen molar-refractivity contribution in [2.45, 2.75) is 12.5 Å². The van der Waals surface area contributed by atoms with Crippen LogP contribution in [-0.2, 0) is 11.3 Å². The topological polar surface area (TPSA) is 67.9 Å². The van der Waals surface area contributed by atoms with E-state index in [0.29, 0.717) is 23.6 Å². The minimum Gasteiger partial charge on any atom is -0.497 e. The Morgan fingerprint density at radius 3 is 2.32 bits per heavy atom. The van der Waals surface area contributed by atoms with Gasteiger partial charge in [-0.1, -0.05) is 30.3 Å². The van der Waals surface area contributed by atoms with Crippen molar-refractivity contribution < 1.29 is 23.5 Å². The minimum absolute atomic E-state index is 0.152. The summed E-state index contributed by atoms with van der Waals surface area (Å²) in [4.78, 5) is 28.2. The van der Waals surface area contributed by atoms with Crippen LogP contribution < -0.4 is 14.8 Å². The molecule has 4 rings (SSSR count). The van der Waals surface area contributed by atoms with Gasteiger partial charge < -0.3 is 19.7 Å². The highest BCUT2D eigenvalue weighted by atomic mass is 19.1. The van der Waals surface area contributed by atoms with Gasteiger partial charge in [-0.25, -0.2) is 4.39 Å². The van der Waals surface area contributed by atoms with Crippen LogP contribution >= 0.6 is 0 Å². The van der Waals surface area contributed by atoms with Crippen molar-refractivity contribution in [2.75, 3.05) is 27.3 Å². The molecule has 1 heterocycles. The number of methoxy groups -OCH3 is 2. The second kappa shape index (κ2) is 10.4. The fourth-order valence-electron chi connectivity index (χ4n) is 4.31. The van der Waals surface area contributed by atoms with Crippen LogP contribution in [0.4, 0.5) is 4.39 Å². The Labute approximate surface area is 198 Å². The maximum absolute atomic E-state index is 13.3. The largest absolute Gasteiger partial charge is 0.497 e. The molecule has 1 aliphatic heterocycles. The average molecular weight is 463 g/mol. The first-order valence-electron chi connectivity index (χ1n) is 11.1. The van der Waals surface area contributed by atoms with E-state index in [4.69, 9.17) is 9.47 Å². The molecule has 1 fully saturated rings. The smallest absolute Gasteiger partial charge is 0.254 e. The number of halogens is 1. The van der Waals surface area contributed by atoms with Gasteiger partial charge in [0.1, 0.15) is 17.3 Å². The second-order valence-corrected chi connectivity index (χ2v) is 8.28. The molecular formula is C27H27FN2O4. The Hall–Kier alpha value is -3.87. The maximum Gasteiger partial charge on any atom is 0.254 e. The fraction of sp³-hybridized carbons (Fsp3) is 0.259. The zero-order valence-electron chi connectivity index (χ0n) is 19.2. The van der Waals surface area contributed by atoms with Gasteiger partial charge in [0.05, 0.1) is 20.1 Å². The Balaban J connectivity index is 1.56. The van der Waals surface area contributed by atoms with Crippen LogP contribution in [0.3, 0.4) is 0 Å². The Bertz CT molecular complexity index is 1170. The molecule has 0 aliphatic carbocycles. The number of hydrogen-bond acceptors (Lipinski definition) is 4. The van der Waals surface area contributed by atoms with E-state index in [9.17, 15) is 14.0 Å². The Morgan fingerprint density at radius 2 is 1.62 bits per heavy atom. The number of carbonyl (C=O) groups excluding carboxylic acids is 2. The molecule has 3 aromatic rings. The van der Waals surface area contributed by atoms with Gasteiger partial charge in [0, 0.05) is 31.1 Å². The van der Waals surface area contributed by atoms with E-state index in [1.54, 1.807) is 55.5 Å². The zero-order valence-corrected chi connectivity index (χ0v) is 19.2. The lowest BCUT2D eigenvalue weighted by molar-refractivity contribution is -0.125. The third kappa shape index (κ3) is 5.20. The fourth-order valence-corrected chi connectivity index (χ4v) is 4.31. The summed E-state index contributed by atoms with van der Waals surface area (Å²) in [6, 6.07) is 20.6. The predicted octanol–water partition coefficient (Wildman–Crippen LogP) is 4.02. The van der Waals surface area contributed by atoms with Gasteiger partial charge in [0.15, 0.2) is 0 Å². The van der Waals surface area contributed by atoms with Gasteiger partial charge in [-0.3, -0.25) is 9.59 Å². The summed E-state index contributed by atoms with van der Waals surface area (Å²) in [5.41, 5.74) is 2.24. The minimum atomic E-state index is -0.442. The van der Waals surface area contributed by atoms with Crippen LogP contribution in [0.1, 0.15) is 27.4 Å². The summed E-state index contributed by atoms with van der Waals surface area (Å²) in [6.45, 7) is 0.968. The number of likely N-dealkylation sites (tertiary alicyclic amines) is 1. The van der Waals surface area contributed by atoms with Crippen LogP contribution in [0.2, 0.25) is 0 Å². The van der Waals surface area contributed by atoms with Gasteiger partial charge in [0.25, 0.3) is 5.91 Å². The molecule has 6 nitrogen and oxygen atoms in total. The van der Waals surface area contributed by atoms with Crippen LogP contribution in [0.25, 0.3) is 0 Å². The number of carbonyl (C=O) groups is 2. The maximum atomic E-state index is 13.3. The molecule has 0 radical (unpaired) electrons. The quantitative estimate of drug-likeness (QED) is 0.576. The van der Waals surface area contributed by atoms with Crippen molar-refractivity contribution in [3.05, 3.63) is 95.3 Å². The number of rotatable bonds is 7. The van der Waals surface area contributed by atoms with Crippen molar-refractivity contribution >= 4 is 11.8 Å². The third-order valence-corrected chi connectivity index (χ3v) is 6.16. The molecule has 7 heteroatoms. The lowest BCUT2D eigenvalue weighted by atomic mass is 9.88. The Kier molecular flexibility index (Phi) is 7.11. The third-order valence-electron chi connectivity index (χ3n) is 6.16. The second-order valence-electron chi connectivity index (χ2n) is 8.28. The number of nitrogens with zero attached hydrogens (tertiary/aromatic N) is 1. The standard InChI is InChI=1S/C27H27FN2O4/c1-33-22-7-3-5-19(13-22)24-16-30(27(32)20-6-4-8-23(14-20)34-2)17-25(24)26(31)29-15-18-9-11-21(28)12-10-18/h3-14,24-25H,15-17H2,1-2H3,(H,29,31)/t24-,25+/m0/s1. The summed E-state index contributed by atoms with van der Waals surface area (Å²) in [5, 5.41) is 2.96. The zero-order chi connectivity index (χ0) is 24.1. The van der Waals surface area contributed by atoms with E-state index >= 15 is 0 Å². The van der Waals surface area contributed by atoms with Crippen molar-refractivity contribution in [1.82, 2.24) is 10.2 Å². The molecule has 3 aromatic carbocycles. The van der Waals surface area contributed by atoms with E-state index in [-0.39, 0.29) is 36.6 Å². The molecule has 1 N–H and O–H groups in total. The highest BCUT2D eigenvalue weighted by Gasteiger charge is 2.40. The highest BCUT2D eigenvalue weighted by molar-refractivity contribution is 5.95. The molecule has 0 unspecified atom stereocenters. The van der Waals surface area contributed by atoms with Crippen LogP contribution in [0.15, 0.2) is 72.8 Å².